The van der Waals surface area contributed by atoms with E-state index in [-0.39, 0.29) is 12.3 Å². The first-order valence-electron chi connectivity index (χ1n) is 13.2. The molecule has 1 rings (SSSR count). The van der Waals surface area contributed by atoms with Crippen molar-refractivity contribution in [3.05, 3.63) is 35.9 Å². The van der Waals surface area contributed by atoms with Crippen molar-refractivity contribution in [1.82, 2.24) is 10.6 Å². The summed E-state index contributed by atoms with van der Waals surface area (Å²) < 4.78 is 4.93. The monoisotopic (exact) mass is 610 g/mol. The number of nitrogens with two attached hydrogens (primary N) is 2. The van der Waals surface area contributed by atoms with Gasteiger partial charge >= 0.3 is 23.9 Å². The van der Waals surface area contributed by atoms with Crippen molar-refractivity contribution >= 4 is 41.5 Å². The molecule has 6 unspecified atom stereocenters. The van der Waals surface area contributed by atoms with E-state index in [4.69, 9.17) is 21.3 Å². The van der Waals surface area contributed by atoms with E-state index < -0.39 is 96.6 Å². The van der Waals surface area contributed by atoms with Crippen LogP contribution in [0, 0.1) is 11.8 Å². The molecule has 10 N–H and O–H groups in total. The molecule has 0 aliphatic heterocycles. The van der Waals surface area contributed by atoms with Crippen LogP contribution in [0.25, 0.3) is 0 Å². The predicted octanol–water partition coefficient (Wildman–Crippen LogP) is -1.63. The first-order valence-corrected chi connectivity index (χ1v) is 13.2. The number of carbonyl (C=O) groups is 7. The average molecular weight is 611 g/mol. The Hall–Kier alpha value is -4.41. The fraction of sp³-hybridized carbons (Fsp3) is 0.519. The van der Waals surface area contributed by atoms with Gasteiger partial charge in [-0.05, 0) is 31.2 Å². The summed E-state index contributed by atoms with van der Waals surface area (Å²) in [5, 5.41) is 43.3. The molecule has 16 nitrogen and oxygen atoms in total. The maximum atomic E-state index is 13.5. The lowest BCUT2D eigenvalue weighted by Crippen LogP contribution is -2.70. The third-order valence-electron chi connectivity index (χ3n) is 6.33. The zero-order chi connectivity index (χ0) is 33.1. The fourth-order valence-corrected chi connectivity index (χ4v) is 4.01. The van der Waals surface area contributed by atoms with Gasteiger partial charge in [0.1, 0.15) is 18.7 Å². The van der Waals surface area contributed by atoms with Gasteiger partial charge in [0.2, 0.25) is 11.8 Å². The van der Waals surface area contributed by atoms with Gasteiger partial charge in [0.25, 0.3) is 0 Å². The second kappa shape index (κ2) is 16.3. The molecule has 1 aromatic carbocycles. The number of hydrogen-bond donors (Lipinski definition) is 8. The molecule has 0 saturated heterocycles. The largest absolute Gasteiger partial charge is 0.481 e. The molecule has 0 radical (unpaired) electrons. The van der Waals surface area contributed by atoms with Gasteiger partial charge in [-0.15, -0.1) is 0 Å². The van der Waals surface area contributed by atoms with Crippen LogP contribution in [0.4, 0.5) is 0 Å². The van der Waals surface area contributed by atoms with Gasteiger partial charge in [-0.1, -0.05) is 44.2 Å². The highest BCUT2D eigenvalue weighted by atomic mass is 16.5. The number of amides is 2. The molecule has 0 aliphatic rings. The number of esters is 1. The van der Waals surface area contributed by atoms with E-state index in [2.05, 4.69) is 5.32 Å². The Morgan fingerprint density at radius 2 is 1.51 bits per heavy atom. The second-order valence-corrected chi connectivity index (χ2v) is 10.4. The van der Waals surface area contributed by atoms with Crippen LogP contribution in [0.5, 0.6) is 0 Å². The number of carboxylic acid groups (broad SMARTS) is 3. The number of aliphatic carboxylic acids is 3. The number of aliphatic hydroxyl groups excluding tert-OH is 1. The quantitative estimate of drug-likeness (QED) is 0.0684. The number of benzene rings is 1. The minimum Gasteiger partial charge on any atom is -0.481 e. The van der Waals surface area contributed by atoms with Crippen molar-refractivity contribution in [2.45, 2.75) is 76.4 Å². The molecule has 0 spiro atoms. The fourth-order valence-electron chi connectivity index (χ4n) is 4.01. The third-order valence-corrected chi connectivity index (χ3v) is 6.33. The van der Waals surface area contributed by atoms with E-state index >= 15 is 0 Å². The van der Waals surface area contributed by atoms with Crippen molar-refractivity contribution < 1.29 is 58.7 Å². The van der Waals surface area contributed by atoms with Crippen LogP contribution in [0.3, 0.4) is 0 Å². The molecule has 1 aromatic rings. The predicted molar refractivity (Wildman–Crippen MR) is 147 cm³/mol. The highest BCUT2D eigenvalue weighted by molar-refractivity contribution is 6.18. The lowest BCUT2D eigenvalue weighted by Gasteiger charge is -2.33. The summed E-state index contributed by atoms with van der Waals surface area (Å²) in [6, 6.07) is 2.94. The normalized spacial score (nSPS) is 16.0. The molecule has 238 valence electrons. The van der Waals surface area contributed by atoms with Gasteiger partial charge in [-0.2, -0.15) is 0 Å². The Labute approximate surface area is 246 Å². The van der Waals surface area contributed by atoms with Crippen molar-refractivity contribution in [2.75, 3.05) is 0 Å². The SMILES string of the molecule is CC(C)CC(N)C(=O)NC(CCC(=O)O)C(=O)NC(C(=O)C(N)(C(=O)O)C(C(=O)O)C(=O)OCc1ccccc1)C(C)O. The summed E-state index contributed by atoms with van der Waals surface area (Å²) in [7, 11) is 0. The van der Waals surface area contributed by atoms with Crippen molar-refractivity contribution in [2.24, 2.45) is 23.3 Å². The second-order valence-electron chi connectivity index (χ2n) is 10.4. The Bertz CT molecular complexity index is 1190. The van der Waals surface area contributed by atoms with Crippen LogP contribution in [-0.4, -0.2) is 91.7 Å². The van der Waals surface area contributed by atoms with Crippen LogP contribution in [-0.2, 0) is 44.9 Å². The topological polar surface area (TPSA) is 286 Å². The summed E-state index contributed by atoms with van der Waals surface area (Å²) >= 11 is 0. The highest BCUT2D eigenvalue weighted by Crippen LogP contribution is 2.23. The molecule has 0 aromatic heterocycles. The molecule has 0 bridgehead atoms. The number of carboxylic acids is 3. The lowest BCUT2D eigenvalue weighted by atomic mass is 9.77. The smallest absolute Gasteiger partial charge is 0.333 e. The minimum absolute atomic E-state index is 0.0143. The van der Waals surface area contributed by atoms with Crippen LogP contribution in [0.15, 0.2) is 30.3 Å². The highest BCUT2D eigenvalue weighted by Gasteiger charge is 2.59. The zero-order valence-electron chi connectivity index (χ0n) is 23.9. The minimum atomic E-state index is -3.56. The summed E-state index contributed by atoms with van der Waals surface area (Å²) in [5.41, 5.74) is 8.47. The van der Waals surface area contributed by atoms with E-state index in [0.717, 1.165) is 6.92 Å². The Balaban J connectivity index is 3.35. The van der Waals surface area contributed by atoms with Gasteiger partial charge in [-0.25, -0.2) is 4.79 Å². The maximum Gasteiger partial charge on any atom is 0.333 e. The standard InChI is InChI=1S/C27H38N4O12/c1-13(2)11-16(28)22(36)30-17(9-10-18(33)34)23(37)31-20(14(3)32)21(35)27(29,26(41)42)19(24(38)39)25(40)43-12-15-7-5-4-6-8-15/h4-8,13-14,16-17,19-20,32H,9-12,28-29H2,1-3H3,(H,30,36)(H,31,37)(H,33,34)(H,38,39)(H,41,42). The Kier molecular flexibility index (Phi) is 13.9. The van der Waals surface area contributed by atoms with Gasteiger partial charge in [0, 0.05) is 6.42 Å². The van der Waals surface area contributed by atoms with Gasteiger partial charge in [0.05, 0.1) is 12.1 Å². The summed E-state index contributed by atoms with van der Waals surface area (Å²) in [6.45, 7) is 4.01. The number of ether oxygens (including phenoxy) is 1. The molecule has 43 heavy (non-hydrogen) atoms. The van der Waals surface area contributed by atoms with E-state index in [1.807, 2.05) is 5.32 Å². The summed E-state index contributed by atoms with van der Waals surface area (Å²) in [5.74, 6) is -14.1. The van der Waals surface area contributed by atoms with E-state index in [0.29, 0.717) is 5.56 Å². The number of hydrogen-bond acceptors (Lipinski definition) is 11. The van der Waals surface area contributed by atoms with Crippen LogP contribution in [0.1, 0.15) is 45.6 Å². The Morgan fingerprint density at radius 3 is 1.98 bits per heavy atom. The third kappa shape index (κ3) is 10.4. The van der Waals surface area contributed by atoms with E-state index in [1.54, 1.807) is 32.0 Å². The summed E-state index contributed by atoms with van der Waals surface area (Å²) in [4.78, 5) is 87.4. The molecular weight excluding hydrogens is 572 g/mol. The molecule has 16 heteroatoms. The van der Waals surface area contributed by atoms with Crippen molar-refractivity contribution in [3.63, 3.8) is 0 Å². The number of nitrogens with one attached hydrogen (secondary N) is 2. The van der Waals surface area contributed by atoms with Crippen LogP contribution in [0.2, 0.25) is 0 Å². The van der Waals surface area contributed by atoms with E-state index in [1.165, 1.54) is 12.1 Å². The van der Waals surface area contributed by atoms with Crippen molar-refractivity contribution in [1.29, 1.82) is 0 Å². The van der Waals surface area contributed by atoms with Crippen molar-refractivity contribution in [3.8, 4) is 0 Å². The number of rotatable bonds is 18. The molecule has 2 amide bonds. The number of ketones is 1. The van der Waals surface area contributed by atoms with Crippen LogP contribution >= 0.6 is 0 Å². The number of carbonyl (C=O) groups excluding carboxylic acids is 4. The van der Waals surface area contributed by atoms with Gasteiger partial charge < -0.3 is 47.3 Å². The van der Waals surface area contributed by atoms with E-state index in [9.17, 15) is 48.9 Å². The molecule has 0 saturated carbocycles. The van der Waals surface area contributed by atoms with Crippen LogP contribution < -0.4 is 22.1 Å². The Morgan fingerprint density at radius 1 is 0.930 bits per heavy atom. The molecule has 6 atom stereocenters. The van der Waals surface area contributed by atoms with Gasteiger partial charge in [0.15, 0.2) is 17.2 Å². The zero-order valence-corrected chi connectivity index (χ0v) is 23.9. The number of Topliss-reactive ketones (excluding diaryl/α,β-unsaturated/α-hetero) is 1. The summed E-state index contributed by atoms with van der Waals surface area (Å²) in [6.07, 6.45) is -2.83. The molecule has 0 heterocycles. The van der Waals surface area contributed by atoms with Gasteiger partial charge in [-0.3, -0.25) is 28.8 Å². The molecular formula is C27H38N4O12. The molecule has 0 aliphatic carbocycles. The first kappa shape index (κ1) is 36.6. The molecule has 0 fully saturated rings. The number of aliphatic hydroxyl groups is 1. The lowest BCUT2D eigenvalue weighted by molar-refractivity contribution is -0.173. The first-order chi connectivity index (χ1) is 19.9. The maximum absolute atomic E-state index is 13.5. The average Bonchev–Trinajstić information content (AvgIpc) is 2.91.